The van der Waals surface area contributed by atoms with Crippen molar-refractivity contribution in [1.29, 1.82) is 0 Å². The normalized spacial score (nSPS) is 11.0. The zero-order valence-electron chi connectivity index (χ0n) is 15.0. The number of benzene rings is 1. The second-order valence-corrected chi connectivity index (χ2v) is 7.03. The molecule has 27 heavy (non-hydrogen) atoms. The Morgan fingerprint density at radius 1 is 1.15 bits per heavy atom. The molecule has 1 amide bonds. The number of anilines is 1. The largest absolute Gasteiger partial charge is 0.310 e. The van der Waals surface area contributed by atoms with Crippen LogP contribution >= 0.6 is 11.3 Å². The fourth-order valence-electron chi connectivity index (χ4n) is 2.89. The number of amides is 1. The van der Waals surface area contributed by atoms with Crippen LogP contribution in [-0.4, -0.2) is 30.4 Å². The van der Waals surface area contributed by atoms with Gasteiger partial charge in [0.25, 0.3) is 5.91 Å². The van der Waals surface area contributed by atoms with Crippen molar-refractivity contribution in [2.75, 3.05) is 5.32 Å². The smallest absolute Gasteiger partial charge is 0.269 e. The lowest BCUT2D eigenvalue weighted by Crippen LogP contribution is -2.16. The maximum absolute atomic E-state index is 12.9. The molecule has 3 heterocycles. The number of carbonyl (C=O) groups is 1. The van der Waals surface area contributed by atoms with E-state index in [1.165, 1.54) is 11.3 Å². The third-order valence-electron chi connectivity index (χ3n) is 4.09. The van der Waals surface area contributed by atoms with Crippen LogP contribution in [0.4, 0.5) is 5.95 Å². The summed E-state index contributed by atoms with van der Waals surface area (Å²) in [6.45, 7) is 4.69. The third-order valence-corrected chi connectivity index (χ3v) is 5.24. The van der Waals surface area contributed by atoms with Gasteiger partial charge in [0.1, 0.15) is 4.88 Å². The Bertz CT molecular complexity index is 1100. The molecular weight excluding hydrogens is 360 g/mol. The number of imidazole rings is 1. The zero-order valence-corrected chi connectivity index (χ0v) is 15.8. The van der Waals surface area contributed by atoms with Crippen LogP contribution in [0.1, 0.15) is 28.7 Å². The lowest BCUT2D eigenvalue weighted by Gasteiger charge is -2.08. The average Bonchev–Trinajstić information content (AvgIpc) is 3.24. The van der Waals surface area contributed by atoms with Crippen LogP contribution in [0, 0.1) is 6.92 Å². The number of fused-ring (bicyclic) bond motifs is 1. The highest BCUT2D eigenvalue weighted by molar-refractivity contribution is 7.17. The molecule has 136 valence electrons. The van der Waals surface area contributed by atoms with Crippen LogP contribution in [0.3, 0.4) is 0 Å². The molecule has 0 bridgehead atoms. The molecular formula is C19H18N6OS. The van der Waals surface area contributed by atoms with Crippen molar-refractivity contribution in [2.45, 2.75) is 26.8 Å². The van der Waals surface area contributed by atoms with Crippen LogP contribution in [0.25, 0.3) is 21.9 Å². The Hall–Kier alpha value is -3.13. The SMILES string of the molecule is CCCn1c(NC(=O)c2sc(-c3ncccn3)nc2C)nc2ccccc21. The fraction of sp³-hybridized carbons (Fsp3) is 0.211. The maximum Gasteiger partial charge on any atom is 0.269 e. The Kier molecular flexibility index (Phi) is 4.64. The molecule has 0 aliphatic rings. The Balaban J connectivity index is 1.66. The number of para-hydroxylation sites is 2. The molecule has 7 nitrogen and oxygen atoms in total. The first-order valence-corrected chi connectivity index (χ1v) is 9.50. The quantitative estimate of drug-likeness (QED) is 0.569. The van der Waals surface area contributed by atoms with Gasteiger partial charge in [-0.05, 0) is 31.5 Å². The number of rotatable bonds is 5. The average molecular weight is 378 g/mol. The van der Waals surface area contributed by atoms with Crippen LogP contribution in [0.2, 0.25) is 0 Å². The second-order valence-electron chi connectivity index (χ2n) is 6.04. The monoisotopic (exact) mass is 378 g/mol. The molecule has 0 atom stereocenters. The lowest BCUT2D eigenvalue weighted by atomic mass is 10.3. The number of aryl methyl sites for hydroxylation is 2. The van der Waals surface area contributed by atoms with Crippen molar-refractivity contribution in [3.63, 3.8) is 0 Å². The summed E-state index contributed by atoms with van der Waals surface area (Å²) in [7, 11) is 0. The zero-order chi connectivity index (χ0) is 18.8. The molecule has 4 aromatic rings. The van der Waals surface area contributed by atoms with E-state index in [1.807, 2.05) is 35.8 Å². The van der Waals surface area contributed by atoms with Gasteiger partial charge >= 0.3 is 0 Å². The van der Waals surface area contributed by atoms with Crippen molar-refractivity contribution in [1.82, 2.24) is 24.5 Å². The number of aromatic nitrogens is 5. The van der Waals surface area contributed by atoms with Crippen molar-refractivity contribution in [3.8, 4) is 10.8 Å². The minimum Gasteiger partial charge on any atom is -0.310 e. The van der Waals surface area contributed by atoms with E-state index < -0.39 is 0 Å². The van der Waals surface area contributed by atoms with E-state index in [4.69, 9.17) is 0 Å². The van der Waals surface area contributed by atoms with E-state index in [0.717, 1.165) is 24.0 Å². The highest BCUT2D eigenvalue weighted by atomic mass is 32.1. The first-order valence-electron chi connectivity index (χ1n) is 8.68. The summed E-state index contributed by atoms with van der Waals surface area (Å²) in [6.07, 6.45) is 4.26. The van der Waals surface area contributed by atoms with E-state index in [2.05, 4.69) is 32.2 Å². The Morgan fingerprint density at radius 3 is 2.70 bits per heavy atom. The van der Waals surface area contributed by atoms with E-state index in [0.29, 0.717) is 27.4 Å². The second kappa shape index (κ2) is 7.24. The molecule has 0 saturated carbocycles. The summed E-state index contributed by atoms with van der Waals surface area (Å²) in [4.78, 5) is 30.9. The topological polar surface area (TPSA) is 85.6 Å². The molecule has 0 aliphatic carbocycles. The molecule has 4 rings (SSSR count). The highest BCUT2D eigenvalue weighted by Gasteiger charge is 2.20. The molecule has 0 radical (unpaired) electrons. The Morgan fingerprint density at radius 2 is 1.93 bits per heavy atom. The number of carbonyl (C=O) groups excluding carboxylic acids is 1. The van der Waals surface area contributed by atoms with E-state index in [-0.39, 0.29) is 5.91 Å². The number of hydrogen-bond donors (Lipinski definition) is 1. The summed E-state index contributed by atoms with van der Waals surface area (Å²) >= 11 is 1.28. The molecule has 8 heteroatoms. The van der Waals surface area contributed by atoms with Gasteiger partial charge < -0.3 is 4.57 Å². The summed E-state index contributed by atoms with van der Waals surface area (Å²) in [5, 5.41) is 3.57. The van der Waals surface area contributed by atoms with Gasteiger partial charge in [-0.3, -0.25) is 10.1 Å². The van der Waals surface area contributed by atoms with Crippen molar-refractivity contribution >= 4 is 34.2 Å². The maximum atomic E-state index is 12.9. The first-order chi connectivity index (χ1) is 13.2. The molecule has 0 aliphatic heterocycles. The molecule has 1 N–H and O–H groups in total. The standard InChI is InChI=1S/C19H18N6OS/c1-3-11-25-14-8-5-4-7-13(14)23-19(25)24-17(26)15-12(2)22-18(27-15)16-20-9-6-10-21-16/h4-10H,3,11H2,1-2H3,(H,23,24,26). The van der Waals surface area contributed by atoms with Crippen LogP contribution < -0.4 is 5.32 Å². The summed E-state index contributed by atoms with van der Waals surface area (Å²) in [5.41, 5.74) is 2.52. The van der Waals surface area contributed by atoms with E-state index >= 15 is 0 Å². The lowest BCUT2D eigenvalue weighted by molar-refractivity contribution is 0.102. The van der Waals surface area contributed by atoms with Crippen molar-refractivity contribution in [3.05, 3.63) is 53.3 Å². The molecule has 0 fully saturated rings. The summed E-state index contributed by atoms with van der Waals surface area (Å²) in [5.74, 6) is 0.844. The van der Waals surface area contributed by atoms with E-state index in [1.54, 1.807) is 18.5 Å². The molecule has 0 unspecified atom stereocenters. The van der Waals surface area contributed by atoms with Gasteiger partial charge in [0.15, 0.2) is 10.8 Å². The minimum absolute atomic E-state index is 0.222. The Labute approximate surface area is 160 Å². The first kappa shape index (κ1) is 17.3. The van der Waals surface area contributed by atoms with Gasteiger partial charge in [-0.15, -0.1) is 11.3 Å². The molecule has 3 aromatic heterocycles. The van der Waals surface area contributed by atoms with Gasteiger partial charge in [-0.2, -0.15) is 0 Å². The highest BCUT2D eigenvalue weighted by Crippen LogP contribution is 2.27. The minimum atomic E-state index is -0.222. The third kappa shape index (κ3) is 3.31. The van der Waals surface area contributed by atoms with Gasteiger partial charge in [-0.1, -0.05) is 19.1 Å². The van der Waals surface area contributed by atoms with Crippen LogP contribution in [-0.2, 0) is 6.54 Å². The predicted molar refractivity (Wildman–Crippen MR) is 106 cm³/mol. The van der Waals surface area contributed by atoms with Gasteiger partial charge in [0, 0.05) is 18.9 Å². The number of nitrogens with zero attached hydrogens (tertiary/aromatic N) is 5. The fourth-order valence-corrected chi connectivity index (χ4v) is 3.80. The predicted octanol–water partition coefficient (Wildman–Crippen LogP) is 3.92. The van der Waals surface area contributed by atoms with E-state index in [9.17, 15) is 4.79 Å². The molecule has 0 saturated heterocycles. The van der Waals surface area contributed by atoms with Gasteiger partial charge in [-0.25, -0.2) is 19.9 Å². The number of nitrogens with one attached hydrogen (secondary N) is 1. The molecule has 0 spiro atoms. The van der Waals surface area contributed by atoms with Crippen molar-refractivity contribution in [2.24, 2.45) is 0 Å². The van der Waals surface area contributed by atoms with Gasteiger partial charge in [0.05, 0.1) is 16.7 Å². The summed E-state index contributed by atoms with van der Waals surface area (Å²) in [6, 6.07) is 9.62. The summed E-state index contributed by atoms with van der Waals surface area (Å²) < 4.78 is 2.03. The number of hydrogen-bond acceptors (Lipinski definition) is 6. The number of thiazole rings is 1. The van der Waals surface area contributed by atoms with Crippen LogP contribution in [0.15, 0.2) is 42.7 Å². The van der Waals surface area contributed by atoms with Crippen molar-refractivity contribution < 1.29 is 4.79 Å². The molecule has 1 aromatic carbocycles. The van der Waals surface area contributed by atoms with Gasteiger partial charge in [0.2, 0.25) is 5.95 Å². The van der Waals surface area contributed by atoms with Crippen LogP contribution in [0.5, 0.6) is 0 Å².